The van der Waals surface area contributed by atoms with E-state index in [0.717, 1.165) is 0 Å². The molecule has 0 amide bonds. The molecular weight excluding hydrogens is 544 g/mol. The van der Waals surface area contributed by atoms with Gasteiger partial charge in [0, 0.05) is 0 Å². The minimum Gasteiger partial charge on any atom is -0.477 e. The van der Waals surface area contributed by atoms with Crippen LogP contribution >= 0.6 is 0 Å². The summed E-state index contributed by atoms with van der Waals surface area (Å²) >= 11 is 0. The highest BCUT2D eigenvalue weighted by Gasteiger charge is 2.97. The molecular formula is C11H2F20O2. The molecule has 0 aromatic heterocycles. The van der Waals surface area contributed by atoms with Crippen molar-refractivity contribution in [2.45, 2.75) is 59.7 Å². The Labute approximate surface area is 165 Å². The summed E-state index contributed by atoms with van der Waals surface area (Å²) in [6.07, 6.45) is -6.14. The third-order valence-corrected chi connectivity index (χ3v) is 3.72. The third-order valence-electron chi connectivity index (χ3n) is 3.72. The summed E-state index contributed by atoms with van der Waals surface area (Å²) in [4.78, 5) is 9.84. The summed E-state index contributed by atoms with van der Waals surface area (Å²) in [5.41, 5.74) is 0. The van der Waals surface area contributed by atoms with Gasteiger partial charge in [0.1, 0.15) is 0 Å². The highest BCUT2D eigenvalue weighted by atomic mass is 19.4. The van der Waals surface area contributed by atoms with Gasteiger partial charge in [-0.05, 0) is 0 Å². The molecule has 0 radical (unpaired) electrons. The van der Waals surface area contributed by atoms with Crippen molar-refractivity contribution in [3.05, 3.63) is 0 Å². The summed E-state index contributed by atoms with van der Waals surface area (Å²) in [6.45, 7) is 0. The second-order valence-corrected chi connectivity index (χ2v) is 5.82. The normalized spacial score (nSPS) is 16.4. The maximum Gasteiger partial charge on any atom is 0.410 e. The number of aliphatic carboxylic acids is 1. The number of hydrogen-bond acceptors (Lipinski definition) is 1. The van der Waals surface area contributed by atoms with E-state index in [2.05, 4.69) is 0 Å². The zero-order valence-corrected chi connectivity index (χ0v) is 14.0. The van der Waals surface area contributed by atoms with E-state index < -0.39 is 65.7 Å². The number of carboxylic acid groups (broad SMARTS) is 1. The number of carboxylic acids is 1. The summed E-state index contributed by atoms with van der Waals surface area (Å²) in [5, 5.41) is 7.63. The highest BCUT2D eigenvalue weighted by Crippen LogP contribution is 2.65. The summed E-state index contributed by atoms with van der Waals surface area (Å²) < 4.78 is 258. The summed E-state index contributed by atoms with van der Waals surface area (Å²) in [7, 11) is 0. The molecule has 0 aliphatic heterocycles. The van der Waals surface area contributed by atoms with Crippen molar-refractivity contribution in [3.63, 3.8) is 0 Å². The minimum absolute atomic E-state index is 4.51. The van der Waals surface area contributed by atoms with Crippen molar-refractivity contribution < 1.29 is 97.7 Å². The molecule has 0 spiro atoms. The smallest absolute Gasteiger partial charge is 0.410 e. The van der Waals surface area contributed by atoms with Gasteiger partial charge in [-0.25, -0.2) is 13.6 Å². The van der Waals surface area contributed by atoms with Crippen LogP contribution in [-0.4, -0.2) is 70.8 Å². The second kappa shape index (κ2) is 7.54. The number of carbonyl (C=O) groups is 1. The SMILES string of the molecule is O=C(O)C(F)(F)C(F)(F)C(F)(F)C(F)(F)C(F)(F)C(F)(F)C(F)(F)C(F)(F)C(F)(F)C(F)F. The zero-order chi connectivity index (χ0) is 27.7. The molecule has 22 heteroatoms. The van der Waals surface area contributed by atoms with Crippen LogP contribution in [-0.2, 0) is 4.79 Å². The van der Waals surface area contributed by atoms with Crippen molar-refractivity contribution >= 4 is 5.97 Å². The van der Waals surface area contributed by atoms with Gasteiger partial charge in [0.2, 0.25) is 0 Å². The average Bonchev–Trinajstić information content (AvgIpc) is 2.59. The first kappa shape index (κ1) is 31.1. The van der Waals surface area contributed by atoms with E-state index in [1.807, 2.05) is 0 Å². The quantitative estimate of drug-likeness (QED) is 0.339. The Morgan fingerprint density at radius 3 is 0.879 bits per heavy atom. The first-order chi connectivity index (χ1) is 13.9. The lowest BCUT2D eigenvalue weighted by Gasteiger charge is -2.44. The Hall–Kier alpha value is -1.93. The maximum atomic E-state index is 13.3. The van der Waals surface area contributed by atoms with Gasteiger partial charge < -0.3 is 5.11 Å². The van der Waals surface area contributed by atoms with Crippen LogP contribution < -0.4 is 0 Å². The molecule has 0 fully saturated rings. The largest absolute Gasteiger partial charge is 0.477 e. The predicted molar refractivity (Wildman–Crippen MR) is 58.2 cm³/mol. The van der Waals surface area contributed by atoms with Crippen LogP contribution in [0.15, 0.2) is 0 Å². The molecule has 0 heterocycles. The molecule has 0 saturated carbocycles. The van der Waals surface area contributed by atoms with Crippen LogP contribution in [0.5, 0.6) is 0 Å². The minimum atomic E-state index is -9.15. The van der Waals surface area contributed by atoms with Gasteiger partial charge in [-0.2, -0.15) is 79.0 Å². The first-order valence-electron chi connectivity index (χ1n) is 6.80. The van der Waals surface area contributed by atoms with Crippen LogP contribution in [0.1, 0.15) is 0 Å². The molecule has 0 aromatic rings. The van der Waals surface area contributed by atoms with E-state index in [1.54, 1.807) is 0 Å². The molecule has 0 unspecified atom stereocenters. The lowest BCUT2D eigenvalue weighted by molar-refractivity contribution is -0.463. The van der Waals surface area contributed by atoms with Crippen molar-refractivity contribution in [2.24, 2.45) is 0 Å². The Kier molecular flexibility index (Phi) is 7.09. The van der Waals surface area contributed by atoms with Gasteiger partial charge >= 0.3 is 65.7 Å². The van der Waals surface area contributed by atoms with Crippen molar-refractivity contribution in [1.29, 1.82) is 0 Å². The molecule has 0 aromatic carbocycles. The average molecular weight is 546 g/mol. The van der Waals surface area contributed by atoms with Gasteiger partial charge in [0.25, 0.3) is 0 Å². The molecule has 2 nitrogen and oxygen atoms in total. The van der Waals surface area contributed by atoms with Gasteiger partial charge in [0.05, 0.1) is 0 Å². The third kappa shape index (κ3) is 3.52. The van der Waals surface area contributed by atoms with E-state index in [4.69, 9.17) is 5.11 Å². The van der Waals surface area contributed by atoms with Crippen LogP contribution in [0, 0.1) is 0 Å². The molecule has 198 valence electrons. The molecule has 0 aliphatic rings. The molecule has 1 N–H and O–H groups in total. The van der Waals surface area contributed by atoms with Crippen molar-refractivity contribution in [2.75, 3.05) is 0 Å². The monoisotopic (exact) mass is 546 g/mol. The number of alkyl halides is 20. The zero-order valence-electron chi connectivity index (χ0n) is 14.0. The fraction of sp³-hybridized carbons (Fsp3) is 0.909. The fourth-order valence-electron chi connectivity index (χ4n) is 1.66. The van der Waals surface area contributed by atoms with E-state index >= 15 is 0 Å². The van der Waals surface area contributed by atoms with E-state index in [0.29, 0.717) is 0 Å². The Balaban J connectivity index is 7.03. The van der Waals surface area contributed by atoms with Crippen LogP contribution in [0.4, 0.5) is 87.8 Å². The molecule has 0 saturated heterocycles. The van der Waals surface area contributed by atoms with Crippen LogP contribution in [0.25, 0.3) is 0 Å². The van der Waals surface area contributed by atoms with Crippen LogP contribution in [0.2, 0.25) is 0 Å². The lowest BCUT2D eigenvalue weighted by Crippen LogP contribution is -2.76. The Morgan fingerprint density at radius 1 is 0.455 bits per heavy atom. The standard InChI is InChI=1S/C11H2F20O2/c12-1(13)3(14,15)5(18,19)7(22,23)9(26,27)11(30,31)10(28,29)8(24,25)6(20,21)4(16,17)2(32)33/h1H,(H,32,33). The summed E-state index contributed by atoms with van der Waals surface area (Å²) in [6, 6.07) is 0. The van der Waals surface area contributed by atoms with Crippen LogP contribution in [0.3, 0.4) is 0 Å². The van der Waals surface area contributed by atoms with Gasteiger partial charge in [-0.15, -0.1) is 0 Å². The highest BCUT2D eigenvalue weighted by molar-refractivity contribution is 5.77. The van der Waals surface area contributed by atoms with E-state index in [-0.39, 0.29) is 0 Å². The fourth-order valence-corrected chi connectivity index (χ4v) is 1.66. The number of halogens is 20. The Bertz CT molecular complexity index is 751. The maximum absolute atomic E-state index is 13.3. The molecule has 0 rings (SSSR count). The first-order valence-corrected chi connectivity index (χ1v) is 6.80. The topological polar surface area (TPSA) is 37.3 Å². The van der Waals surface area contributed by atoms with Gasteiger partial charge in [-0.1, -0.05) is 0 Å². The van der Waals surface area contributed by atoms with E-state index in [1.165, 1.54) is 0 Å². The Morgan fingerprint density at radius 2 is 0.667 bits per heavy atom. The lowest BCUT2D eigenvalue weighted by atomic mass is 9.86. The van der Waals surface area contributed by atoms with Crippen molar-refractivity contribution in [1.82, 2.24) is 0 Å². The van der Waals surface area contributed by atoms with E-state index in [9.17, 15) is 92.6 Å². The van der Waals surface area contributed by atoms with Gasteiger partial charge in [0.15, 0.2) is 0 Å². The van der Waals surface area contributed by atoms with Gasteiger partial charge in [-0.3, -0.25) is 0 Å². The number of rotatable bonds is 10. The number of hydrogen-bond donors (Lipinski definition) is 1. The predicted octanol–water partition coefficient (Wildman–Crippen LogP) is 6.05. The molecule has 0 aliphatic carbocycles. The van der Waals surface area contributed by atoms with Crippen molar-refractivity contribution in [3.8, 4) is 0 Å². The molecule has 33 heavy (non-hydrogen) atoms. The molecule has 0 atom stereocenters. The second-order valence-electron chi connectivity index (χ2n) is 5.82. The summed E-state index contributed by atoms with van der Waals surface area (Å²) in [5.74, 6) is -81.7. The molecule has 0 bridgehead atoms.